The fourth-order valence-corrected chi connectivity index (χ4v) is 16.6. The fraction of sp³-hybridized carbons (Fsp3) is 0.430. The van der Waals surface area contributed by atoms with Gasteiger partial charge in [0.15, 0.2) is 30.1 Å². The maximum atomic E-state index is 16.5. The van der Waals surface area contributed by atoms with Crippen molar-refractivity contribution in [2.45, 2.75) is 200 Å². The summed E-state index contributed by atoms with van der Waals surface area (Å²) in [6.07, 6.45) is -34.3. The normalized spacial score (nSPS) is 28.5. The number of anilines is 1. The molecule has 7 aromatic rings. The summed E-state index contributed by atoms with van der Waals surface area (Å²) in [6, 6.07) is 3.45. The Balaban J connectivity index is 0.907. The molecule has 8 amide bonds. The minimum absolute atomic E-state index is 0.111. The number of carbonyl (C=O) groups excluding carboxylic acids is 8. The molecule has 726 valence electrons. The number of nitrogens with one attached hydrogen (secondary N) is 9. The van der Waals surface area contributed by atoms with Crippen LogP contribution in [0, 0.1) is 5.92 Å². The molecule has 49 heteroatoms. The van der Waals surface area contributed by atoms with Gasteiger partial charge in [0, 0.05) is 66.1 Å². The number of aliphatic hydroxyl groups excluding tert-OH is 8. The number of rotatable bonds is 23. The average molecular weight is 1940 g/mol. The number of halogens is 5. The highest BCUT2D eigenvalue weighted by atomic mass is 35.5. The first kappa shape index (κ1) is 100. The van der Waals surface area contributed by atoms with E-state index in [1.165, 1.54) is 39.2 Å². The molecule has 11 bridgehead atoms. The van der Waals surface area contributed by atoms with Crippen LogP contribution in [0.2, 0.25) is 10.0 Å². The number of amides is 8. The topological polar surface area (TPSA) is 675 Å². The zero-order valence-corrected chi connectivity index (χ0v) is 73.3. The number of phenols is 3. The minimum Gasteiger partial charge on any atom is -0.508 e. The van der Waals surface area contributed by atoms with Crippen LogP contribution >= 0.6 is 23.2 Å². The van der Waals surface area contributed by atoms with Gasteiger partial charge in [0.05, 0.1) is 41.3 Å². The Kier molecular flexibility index (Phi) is 30.8. The van der Waals surface area contributed by atoms with Gasteiger partial charge in [-0.2, -0.15) is 4.98 Å². The van der Waals surface area contributed by atoms with Gasteiger partial charge in [-0.05, 0) is 140 Å². The van der Waals surface area contributed by atoms with Crippen LogP contribution in [0.3, 0.4) is 0 Å². The number of aromatic hydroxyl groups is 3. The Labute approximate surface area is 772 Å². The molecule has 0 radical (unpaired) electrons. The standard InChI is InChI=1S/C86H96Cl2F3N13O31/c1-32(2)20-45(94-5)75(118)102-62-64(110)36-9-14-49(43(87)22-36)128-51-24-38-25-52(71(51)133-83-69(115)67(113)72(54(31-105)131-83)134-82-68(114)66(112)65(111)53(130-82)30-95-17-19-104-18-16-56(98-84(104)126)97-74(117)34-6-11-40(12-7-34)135-86(89,90)91)129-50-15-10-37(23-44(50)88)70(132-57-29-85(4,93)73(116)33(3)127-57)63-80(123)101-61(81(124)125)42-26-39(106)27-48(108)58(42)41-21-35(8-13-47(41)107)59(77(120)103-63)100-78(121)60(38)99-76(119)46(28-55(92)109)96-79(62)122/h6-16,18,21-27,32-33,45-46,53-54,57,59-70,72-73,82-83,94-95,105-108,110-116H,17,19-20,28-31,93H2,1-5H3,(H2,92,109)(H,96,122)(H,99,119)(H,100,121)(H,101,123)(H,102,118)(H,103,120)(H,124,125)(H,97,98,117,126)/t33-,45+,46-,53+,54+,57-,59+,60+,61+,62+,63-,64+,65-,66-,67+,68+,69+,70+,72+,73-,82+,83?,85-/m0/s1. The van der Waals surface area contributed by atoms with Gasteiger partial charge in [-0.1, -0.05) is 55.2 Å². The molecule has 1 aromatic heterocycles. The number of alkyl halides is 3. The number of nitrogens with zero attached hydrogens (tertiary/aromatic N) is 2. The molecule has 15 rings (SSSR count). The Morgan fingerprint density at radius 1 is 0.689 bits per heavy atom. The highest BCUT2D eigenvalue weighted by Gasteiger charge is 2.53. The van der Waals surface area contributed by atoms with E-state index in [9.17, 15) is 98.4 Å². The SMILES string of the molecule is CN[C@H](CC(C)C)C(=O)N[C@H]1C(=O)N[C@@H](CC(N)=O)C(=O)N[C@H]2C(=O)N[C@H]3C(=O)N[C@H](C(=O)N[C@@H](C(=O)O)c4cc(O)cc(O)c4-c4cc3ccc4O)[C@H](O[C@H]3C[C@](C)(N)[C@@H](O)[C@H](C)O3)c3ccc(c(Cl)c3)Oc3cc2cc(c3OC2O[C@H](CO)[C@@H](O[C@H]3O[C@H](CNCCn4ccc(NC(=O)c5ccc(OC(F)(F)F)cc5)nc4=O)[C@H](O)[C@H](O)[C@H]3O)[C@H](O)[C@H]2O)Oc2ccc(cc2Cl)[C@H]1O. The molecule has 0 saturated carbocycles. The summed E-state index contributed by atoms with van der Waals surface area (Å²) in [5.41, 5.74) is 6.72. The second-order valence-electron chi connectivity index (χ2n) is 33.4. The zero-order valence-electron chi connectivity index (χ0n) is 71.8. The lowest BCUT2D eigenvalue weighted by molar-refractivity contribution is -0.350. The first-order valence-electron chi connectivity index (χ1n) is 41.9. The number of ether oxygens (including phenoxy) is 9. The van der Waals surface area contributed by atoms with Gasteiger partial charge in [-0.3, -0.25) is 42.9 Å². The van der Waals surface area contributed by atoms with E-state index in [-0.39, 0.29) is 47.9 Å². The predicted molar refractivity (Wildman–Crippen MR) is 457 cm³/mol. The van der Waals surface area contributed by atoms with E-state index in [0.717, 1.165) is 102 Å². The monoisotopic (exact) mass is 1930 g/mol. The molecule has 0 aliphatic carbocycles. The smallest absolute Gasteiger partial charge is 0.508 e. The number of aromatic nitrogens is 2. The van der Waals surface area contributed by atoms with E-state index in [4.69, 9.17) is 72.6 Å². The molecule has 9 heterocycles. The van der Waals surface area contributed by atoms with Crippen molar-refractivity contribution in [3.05, 3.63) is 169 Å². The maximum Gasteiger partial charge on any atom is 0.573 e. The maximum absolute atomic E-state index is 16.5. The number of aliphatic carboxylic acids is 1. The number of phenolic OH excluding ortho intramolecular Hbond substituents is 3. The van der Waals surface area contributed by atoms with E-state index in [0.29, 0.717) is 0 Å². The third-order valence-electron chi connectivity index (χ3n) is 23.0. The van der Waals surface area contributed by atoms with Gasteiger partial charge in [0.1, 0.15) is 132 Å². The molecule has 23 atom stereocenters. The number of hydrogen-bond acceptors (Lipinski definition) is 34. The molecule has 6 aromatic carbocycles. The van der Waals surface area contributed by atoms with E-state index in [2.05, 4.69) is 57.6 Å². The zero-order chi connectivity index (χ0) is 98.0. The van der Waals surface area contributed by atoms with Crippen molar-refractivity contribution in [2.24, 2.45) is 17.4 Å². The summed E-state index contributed by atoms with van der Waals surface area (Å²) < 4.78 is 94.0. The third kappa shape index (κ3) is 22.8. The second kappa shape index (κ2) is 41.5. The van der Waals surface area contributed by atoms with E-state index < -0.39 is 321 Å². The molecule has 8 aliphatic rings. The number of hydrogen-bond donors (Lipinski definition) is 23. The summed E-state index contributed by atoms with van der Waals surface area (Å²) in [6.45, 7) is 4.60. The molecular weight excluding hydrogens is 1840 g/mol. The van der Waals surface area contributed by atoms with E-state index in [1.54, 1.807) is 13.8 Å². The van der Waals surface area contributed by atoms with Crippen molar-refractivity contribution in [1.29, 1.82) is 0 Å². The Hall–Kier alpha value is -12.2. The molecule has 3 saturated heterocycles. The first-order chi connectivity index (χ1) is 63.8. The van der Waals surface area contributed by atoms with Gasteiger partial charge in [-0.25, -0.2) is 9.59 Å². The van der Waals surface area contributed by atoms with Gasteiger partial charge in [0.25, 0.3) is 5.91 Å². The molecule has 44 nitrogen and oxygen atoms in total. The number of likely N-dealkylation sites (N-methyl/N-ethyl adjacent to an activating group) is 1. The summed E-state index contributed by atoms with van der Waals surface area (Å²) in [4.78, 5) is 150. The minimum atomic E-state index is -4.99. The predicted octanol–water partition coefficient (Wildman–Crippen LogP) is -0.0645. The van der Waals surface area contributed by atoms with Crippen molar-refractivity contribution in [3.8, 4) is 62.9 Å². The summed E-state index contributed by atoms with van der Waals surface area (Å²) >= 11 is 14.5. The number of fused-ring (bicyclic) bond motifs is 15. The van der Waals surface area contributed by atoms with E-state index >= 15 is 24.0 Å². The molecular formula is C86H96Cl2F3N13O31. The molecule has 135 heavy (non-hydrogen) atoms. The second-order valence-corrected chi connectivity index (χ2v) is 34.2. The number of primary amides is 1. The number of benzene rings is 6. The van der Waals surface area contributed by atoms with Crippen LogP contribution in [0.25, 0.3) is 11.1 Å². The summed E-state index contributed by atoms with van der Waals surface area (Å²) in [7, 11) is 1.44. The summed E-state index contributed by atoms with van der Waals surface area (Å²) in [5.74, 6) is -18.9. The molecule has 1 unspecified atom stereocenters. The largest absolute Gasteiger partial charge is 0.573 e. The number of aliphatic hydroxyl groups is 8. The lowest BCUT2D eigenvalue weighted by Gasteiger charge is -2.46. The van der Waals surface area contributed by atoms with Crippen molar-refractivity contribution < 1.29 is 160 Å². The van der Waals surface area contributed by atoms with Crippen molar-refractivity contribution >= 4 is 82.2 Å². The van der Waals surface area contributed by atoms with Gasteiger partial charge in [-0.15, -0.1) is 13.2 Å². The van der Waals surface area contributed by atoms with Crippen LogP contribution in [0.5, 0.6) is 51.7 Å². The van der Waals surface area contributed by atoms with Crippen molar-refractivity contribution in [2.75, 3.05) is 32.1 Å². The van der Waals surface area contributed by atoms with Crippen LogP contribution in [-0.4, -0.2) is 267 Å². The lowest BCUT2D eigenvalue weighted by Crippen LogP contribution is -2.65. The highest BCUT2D eigenvalue weighted by molar-refractivity contribution is 6.32. The average Bonchev–Trinajstić information content (AvgIpc) is 0.761. The van der Waals surface area contributed by atoms with Gasteiger partial charge >= 0.3 is 18.0 Å². The fourth-order valence-electron chi connectivity index (χ4n) is 16.1. The van der Waals surface area contributed by atoms with Crippen LogP contribution in [0.1, 0.15) is 115 Å². The number of nitrogens with two attached hydrogens (primary N) is 2. The van der Waals surface area contributed by atoms with Crippen LogP contribution in [-0.2, 0) is 68.6 Å². The summed E-state index contributed by atoms with van der Waals surface area (Å²) in [5, 5.41) is 161. The number of carboxylic acids is 1. The van der Waals surface area contributed by atoms with Crippen molar-refractivity contribution in [3.63, 3.8) is 0 Å². The van der Waals surface area contributed by atoms with Crippen LogP contribution < -0.4 is 84.0 Å². The van der Waals surface area contributed by atoms with E-state index in [1.807, 2.05) is 0 Å². The van der Waals surface area contributed by atoms with Crippen molar-refractivity contribution in [1.82, 2.24) is 52.1 Å². The number of carbonyl (C=O) groups is 9. The Bertz CT molecular complexity index is 5710. The quantitative estimate of drug-likeness (QED) is 0.0373. The molecule has 3 fully saturated rings. The lowest BCUT2D eigenvalue weighted by atomic mass is 9.86. The Morgan fingerprint density at radius 3 is 1.94 bits per heavy atom. The highest BCUT2D eigenvalue weighted by Crippen LogP contribution is 2.51. The number of carboxylic acid groups (broad SMARTS) is 1. The Morgan fingerprint density at radius 2 is 1.32 bits per heavy atom. The van der Waals surface area contributed by atoms with Crippen LogP contribution in [0.15, 0.2) is 120 Å². The third-order valence-corrected chi connectivity index (χ3v) is 23.6. The first-order valence-corrected chi connectivity index (χ1v) is 42.6. The van der Waals surface area contributed by atoms with Gasteiger partial charge in [0.2, 0.25) is 53.4 Å². The molecule has 0 spiro atoms. The van der Waals surface area contributed by atoms with Gasteiger partial charge < -0.3 is 163 Å². The molecule has 8 aliphatic heterocycles. The van der Waals surface area contributed by atoms with Crippen LogP contribution in [0.4, 0.5) is 19.0 Å². The molecule has 25 N–H and O–H groups in total.